The number of alkyl halides is 3. The van der Waals surface area contributed by atoms with Crippen LogP contribution in [-0.4, -0.2) is 65.8 Å². The highest BCUT2D eigenvalue weighted by atomic mass is 19.4. The average molecular weight is 556 g/mol. The van der Waals surface area contributed by atoms with Gasteiger partial charge in [0.1, 0.15) is 5.82 Å². The Balaban J connectivity index is 1.16. The van der Waals surface area contributed by atoms with Gasteiger partial charge < -0.3 is 19.1 Å². The van der Waals surface area contributed by atoms with Gasteiger partial charge in [0.2, 0.25) is 17.5 Å². The van der Waals surface area contributed by atoms with Crippen molar-refractivity contribution in [1.29, 1.82) is 0 Å². The minimum absolute atomic E-state index is 0.124. The summed E-state index contributed by atoms with van der Waals surface area (Å²) in [5, 5.41) is 0. The first kappa shape index (κ1) is 27.7. The van der Waals surface area contributed by atoms with E-state index in [-0.39, 0.29) is 18.3 Å². The van der Waals surface area contributed by atoms with Crippen LogP contribution in [0.15, 0.2) is 53.1 Å². The van der Waals surface area contributed by atoms with Gasteiger partial charge in [-0.25, -0.2) is 4.98 Å². The van der Waals surface area contributed by atoms with Crippen molar-refractivity contribution in [3.8, 4) is 0 Å². The molecule has 3 aromatic rings. The average Bonchev–Trinajstić information content (AvgIpc) is 3.44. The Morgan fingerprint density at radius 2 is 1.57 bits per heavy atom. The maximum absolute atomic E-state index is 13.6. The van der Waals surface area contributed by atoms with E-state index in [0.717, 1.165) is 24.8 Å². The van der Waals surface area contributed by atoms with Crippen LogP contribution >= 0.6 is 0 Å². The summed E-state index contributed by atoms with van der Waals surface area (Å²) >= 11 is 0. The summed E-state index contributed by atoms with van der Waals surface area (Å²) in [5.41, 5.74) is 0.337. The van der Waals surface area contributed by atoms with Gasteiger partial charge in [0, 0.05) is 58.3 Å². The second-order valence-corrected chi connectivity index (χ2v) is 10.2. The van der Waals surface area contributed by atoms with Crippen LogP contribution in [0.25, 0.3) is 0 Å². The molecule has 11 heteroatoms. The smallest absolute Gasteiger partial charge is 0.420 e. The molecular formula is C29H32F3N5O3. The molecule has 2 aliphatic heterocycles. The van der Waals surface area contributed by atoms with E-state index in [0.29, 0.717) is 63.5 Å². The number of amides is 1. The lowest BCUT2D eigenvalue weighted by atomic mass is 10.1. The van der Waals surface area contributed by atoms with Crippen molar-refractivity contribution < 1.29 is 27.2 Å². The lowest BCUT2D eigenvalue weighted by Gasteiger charge is -2.35. The number of piperazine rings is 1. The van der Waals surface area contributed by atoms with Crippen molar-refractivity contribution in [2.24, 2.45) is 0 Å². The van der Waals surface area contributed by atoms with Crippen molar-refractivity contribution in [3.63, 3.8) is 0 Å². The number of nitrogens with zero attached hydrogens (tertiary/aromatic N) is 5. The van der Waals surface area contributed by atoms with Gasteiger partial charge in [0.15, 0.2) is 5.69 Å². The topological polar surface area (TPSA) is 82.8 Å². The fraction of sp³-hybridized carbons (Fsp3) is 0.448. The minimum atomic E-state index is -4.80. The first-order valence-corrected chi connectivity index (χ1v) is 13.7. The van der Waals surface area contributed by atoms with Crippen LogP contribution in [0.4, 0.5) is 25.0 Å². The molecular weight excluding hydrogens is 523 g/mol. The summed E-state index contributed by atoms with van der Waals surface area (Å²) in [6.07, 6.45) is 0.269. The Labute approximate surface area is 230 Å². The maximum atomic E-state index is 13.6. The molecule has 2 fully saturated rings. The van der Waals surface area contributed by atoms with Gasteiger partial charge in [-0.3, -0.25) is 9.59 Å². The van der Waals surface area contributed by atoms with Crippen LogP contribution in [0.3, 0.4) is 0 Å². The second kappa shape index (κ2) is 12.1. The molecule has 0 aliphatic carbocycles. The van der Waals surface area contributed by atoms with E-state index in [1.807, 2.05) is 35.2 Å². The first-order chi connectivity index (χ1) is 19.3. The quantitative estimate of drug-likeness (QED) is 0.370. The van der Waals surface area contributed by atoms with Gasteiger partial charge >= 0.3 is 6.18 Å². The number of halogens is 3. The molecule has 4 heterocycles. The third kappa shape index (κ3) is 6.63. The lowest BCUT2D eigenvalue weighted by Crippen LogP contribution is -2.49. The van der Waals surface area contributed by atoms with Crippen molar-refractivity contribution in [3.05, 3.63) is 71.2 Å². The third-order valence-corrected chi connectivity index (χ3v) is 7.36. The van der Waals surface area contributed by atoms with Crippen LogP contribution in [0.2, 0.25) is 0 Å². The second-order valence-electron chi connectivity index (χ2n) is 10.2. The fourth-order valence-corrected chi connectivity index (χ4v) is 5.12. The molecule has 0 atom stereocenters. The predicted octanol–water partition coefficient (Wildman–Crippen LogP) is 4.79. The Kier molecular flexibility index (Phi) is 8.37. The highest BCUT2D eigenvalue weighted by Gasteiger charge is 2.41. The van der Waals surface area contributed by atoms with Gasteiger partial charge in [0.25, 0.3) is 6.01 Å². The molecule has 212 valence electrons. The number of anilines is 2. The molecule has 0 saturated carbocycles. The Morgan fingerprint density at radius 3 is 2.23 bits per heavy atom. The summed E-state index contributed by atoms with van der Waals surface area (Å²) < 4.78 is 46.3. The molecule has 0 N–H and O–H groups in total. The molecule has 1 amide bonds. The number of hydrogen-bond acceptors (Lipinski definition) is 7. The van der Waals surface area contributed by atoms with Crippen molar-refractivity contribution in [2.45, 2.75) is 44.7 Å². The number of oxazole rings is 1. The number of carbonyl (C=O) groups is 2. The lowest BCUT2D eigenvalue weighted by molar-refractivity contribution is -0.141. The number of aromatic nitrogens is 2. The van der Waals surface area contributed by atoms with Crippen LogP contribution in [0.5, 0.6) is 0 Å². The number of carbonyl (C=O) groups excluding carboxylic acids is 2. The monoisotopic (exact) mass is 555 g/mol. The SMILES string of the molecule is O=C(Cc1ccc(N2CCN(C(=O)CCc3ccccc3)CC2)nc1)c1oc(N2CCCCC2)nc1C(F)(F)F. The zero-order valence-corrected chi connectivity index (χ0v) is 22.2. The van der Waals surface area contributed by atoms with E-state index in [4.69, 9.17) is 4.42 Å². The summed E-state index contributed by atoms with van der Waals surface area (Å²) in [7, 11) is 0. The molecule has 0 spiro atoms. The van der Waals surface area contributed by atoms with Crippen LogP contribution in [0, 0.1) is 0 Å². The molecule has 2 aliphatic rings. The van der Waals surface area contributed by atoms with E-state index in [9.17, 15) is 22.8 Å². The van der Waals surface area contributed by atoms with Gasteiger partial charge in [0.05, 0.1) is 0 Å². The molecule has 40 heavy (non-hydrogen) atoms. The molecule has 2 saturated heterocycles. The molecule has 1 aromatic carbocycles. The Hall–Kier alpha value is -3.89. The number of aryl methyl sites for hydroxylation is 1. The van der Waals surface area contributed by atoms with Gasteiger partial charge in [-0.1, -0.05) is 36.4 Å². The van der Waals surface area contributed by atoms with Gasteiger partial charge in [-0.15, -0.1) is 0 Å². The number of Topliss-reactive ketones (excluding diaryl/α,β-unsaturated/α-hetero) is 1. The van der Waals surface area contributed by atoms with E-state index in [1.54, 1.807) is 17.0 Å². The van der Waals surface area contributed by atoms with Crippen molar-refractivity contribution in [2.75, 3.05) is 49.1 Å². The molecule has 0 bridgehead atoms. The standard InChI is InChI=1S/C29H32F3N5O3/c30-29(31,32)27-26(40-28(34-27)37-13-5-2-6-14-37)23(38)19-22-9-11-24(33-20-22)35-15-17-36(18-16-35)25(39)12-10-21-7-3-1-4-8-21/h1,3-4,7-9,11,20H,2,5-6,10,12-19H2. The summed E-state index contributed by atoms with van der Waals surface area (Å²) in [4.78, 5) is 39.2. The van der Waals surface area contributed by atoms with Crippen LogP contribution in [-0.2, 0) is 23.8 Å². The molecule has 2 aromatic heterocycles. The summed E-state index contributed by atoms with van der Waals surface area (Å²) in [5.74, 6) is -0.736. The normalized spacial score (nSPS) is 16.3. The third-order valence-electron chi connectivity index (χ3n) is 7.36. The predicted molar refractivity (Wildman–Crippen MR) is 143 cm³/mol. The van der Waals surface area contributed by atoms with E-state index in [1.165, 1.54) is 6.20 Å². The largest absolute Gasteiger partial charge is 0.437 e. The number of rotatable bonds is 8. The molecule has 0 radical (unpaired) electrons. The molecule has 8 nitrogen and oxygen atoms in total. The van der Waals surface area contributed by atoms with E-state index in [2.05, 4.69) is 14.9 Å². The number of benzene rings is 1. The first-order valence-electron chi connectivity index (χ1n) is 13.7. The number of piperidine rings is 1. The van der Waals surface area contributed by atoms with Gasteiger partial charge in [-0.2, -0.15) is 18.2 Å². The zero-order chi connectivity index (χ0) is 28.1. The highest BCUT2D eigenvalue weighted by molar-refractivity contribution is 5.96. The summed E-state index contributed by atoms with van der Waals surface area (Å²) in [6.45, 7) is 3.50. The Morgan fingerprint density at radius 1 is 0.850 bits per heavy atom. The van der Waals surface area contributed by atoms with E-state index >= 15 is 0 Å². The van der Waals surface area contributed by atoms with E-state index < -0.39 is 23.4 Å². The fourth-order valence-electron chi connectivity index (χ4n) is 5.12. The molecule has 5 rings (SSSR count). The maximum Gasteiger partial charge on any atom is 0.437 e. The van der Waals surface area contributed by atoms with Crippen molar-refractivity contribution >= 4 is 23.5 Å². The molecule has 0 unspecified atom stereocenters. The number of pyridine rings is 1. The number of ketones is 1. The van der Waals surface area contributed by atoms with Gasteiger partial charge in [-0.05, 0) is 42.9 Å². The number of hydrogen-bond donors (Lipinski definition) is 0. The Bertz CT molecular complexity index is 1300. The van der Waals surface area contributed by atoms with Crippen LogP contribution < -0.4 is 9.80 Å². The van der Waals surface area contributed by atoms with Crippen molar-refractivity contribution in [1.82, 2.24) is 14.9 Å². The minimum Gasteiger partial charge on any atom is -0.420 e. The van der Waals surface area contributed by atoms with Crippen LogP contribution in [0.1, 0.15) is 53.1 Å². The zero-order valence-electron chi connectivity index (χ0n) is 22.2. The summed E-state index contributed by atoms with van der Waals surface area (Å²) in [6, 6.07) is 13.2. The highest BCUT2D eigenvalue weighted by Crippen LogP contribution is 2.35.